The zero-order valence-corrected chi connectivity index (χ0v) is 16.8. The number of primary amides is 1. The molecule has 1 aromatic carbocycles. The lowest BCUT2D eigenvalue weighted by molar-refractivity contribution is -0.137. The number of thioether (sulfide) groups is 1. The number of ether oxygens (including phenoxy) is 1. The van der Waals surface area contributed by atoms with Crippen LogP contribution in [0.3, 0.4) is 0 Å². The summed E-state index contributed by atoms with van der Waals surface area (Å²) in [5, 5.41) is 10.1. The van der Waals surface area contributed by atoms with E-state index >= 15 is 0 Å². The molecule has 0 aliphatic carbocycles. The number of nitrogens with two attached hydrogens (primary N) is 1. The number of methoxy groups -OCH3 is 1. The smallest absolute Gasteiger partial charge is 0.416 e. The molecule has 164 valence electrons. The summed E-state index contributed by atoms with van der Waals surface area (Å²) in [6.07, 6.45) is -5.66. The Labute approximate surface area is 178 Å². The van der Waals surface area contributed by atoms with E-state index in [0.717, 1.165) is 17.0 Å². The molecule has 9 nitrogen and oxygen atoms in total. The first-order valence-corrected chi connectivity index (χ1v) is 9.95. The van der Waals surface area contributed by atoms with Crippen molar-refractivity contribution < 1.29 is 32.6 Å². The number of carboxylic acid groups (broad SMARTS) is 1. The molecule has 0 fully saturated rings. The highest BCUT2D eigenvalue weighted by molar-refractivity contribution is 7.99. The summed E-state index contributed by atoms with van der Waals surface area (Å²) in [6, 6.07) is 1.42. The van der Waals surface area contributed by atoms with Crippen LogP contribution in [0.15, 0.2) is 23.2 Å². The van der Waals surface area contributed by atoms with Crippen LogP contribution in [0.25, 0.3) is 0 Å². The lowest BCUT2D eigenvalue weighted by atomic mass is 9.90. The van der Waals surface area contributed by atoms with E-state index in [2.05, 4.69) is 9.97 Å². The average molecular weight is 455 g/mol. The largest absolute Gasteiger partial charge is 0.479 e. The lowest BCUT2D eigenvalue weighted by Crippen LogP contribution is -2.40. The first-order valence-electron chi connectivity index (χ1n) is 8.97. The van der Waals surface area contributed by atoms with Crippen molar-refractivity contribution in [2.24, 2.45) is 5.73 Å². The molecule has 3 N–H and O–H groups in total. The number of fused-ring (bicyclic) bond motifs is 2. The fraction of sp³-hybridized carbons (Fsp3) is 0.333. The highest BCUT2D eigenvalue weighted by Crippen LogP contribution is 2.45. The van der Waals surface area contributed by atoms with Crippen LogP contribution >= 0.6 is 11.8 Å². The molecule has 3 heterocycles. The number of nitrogens with zero attached hydrogens (tertiary/aromatic N) is 4. The van der Waals surface area contributed by atoms with Gasteiger partial charge in [-0.1, -0.05) is 17.8 Å². The van der Waals surface area contributed by atoms with Crippen LogP contribution in [-0.2, 0) is 12.6 Å². The third kappa shape index (κ3) is 3.58. The van der Waals surface area contributed by atoms with Gasteiger partial charge < -0.3 is 15.6 Å². The lowest BCUT2D eigenvalue weighted by Gasteiger charge is -2.35. The number of amides is 3. The van der Waals surface area contributed by atoms with Crippen molar-refractivity contribution in [3.63, 3.8) is 0 Å². The van der Waals surface area contributed by atoms with E-state index in [1.54, 1.807) is 0 Å². The van der Waals surface area contributed by atoms with E-state index in [1.165, 1.54) is 29.8 Å². The topological polar surface area (TPSA) is 122 Å². The van der Waals surface area contributed by atoms with Gasteiger partial charge in [-0.05, 0) is 29.7 Å². The molecule has 4 rings (SSSR count). The number of rotatable bonds is 2. The minimum atomic E-state index is -4.52. The van der Waals surface area contributed by atoms with E-state index in [4.69, 9.17) is 10.5 Å². The Morgan fingerprint density at radius 1 is 1.32 bits per heavy atom. The van der Waals surface area contributed by atoms with Crippen molar-refractivity contribution in [1.82, 2.24) is 14.9 Å². The number of hydrogen-bond acceptors (Lipinski definition) is 6. The second kappa shape index (κ2) is 7.48. The van der Waals surface area contributed by atoms with Crippen LogP contribution in [0.1, 0.15) is 28.6 Å². The molecular weight excluding hydrogens is 439 g/mol. The maximum atomic E-state index is 13.1. The third-order valence-corrected chi connectivity index (χ3v) is 6.03. The van der Waals surface area contributed by atoms with Gasteiger partial charge in [-0.15, -0.1) is 0 Å². The molecule has 13 heteroatoms. The van der Waals surface area contributed by atoms with Crippen molar-refractivity contribution in [3.05, 3.63) is 40.7 Å². The van der Waals surface area contributed by atoms with E-state index in [9.17, 15) is 27.9 Å². The molecule has 1 aromatic heterocycles. The van der Waals surface area contributed by atoms with Crippen LogP contribution in [0.2, 0.25) is 0 Å². The number of halogens is 3. The van der Waals surface area contributed by atoms with Crippen molar-refractivity contribution in [2.75, 3.05) is 24.4 Å². The quantitative estimate of drug-likeness (QED) is 0.668. The van der Waals surface area contributed by atoms with Gasteiger partial charge in [-0.2, -0.15) is 18.2 Å². The predicted molar refractivity (Wildman–Crippen MR) is 103 cm³/mol. The molecule has 1 unspecified atom stereocenters. The molecule has 2 aliphatic heterocycles. The first-order chi connectivity index (χ1) is 14.6. The molecular formula is C18H16F3N5O4S. The minimum absolute atomic E-state index is 0.0215. The number of urea groups is 1. The Kier molecular flexibility index (Phi) is 5.07. The van der Waals surface area contributed by atoms with Crippen LogP contribution in [0.4, 0.5) is 28.4 Å². The molecule has 2 aliphatic rings. The van der Waals surface area contributed by atoms with Gasteiger partial charge in [-0.3, -0.25) is 9.80 Å². The summed E-state index contributed by atoms with van der Waals surface area (Å²) in [4.78, 5) is 34.6. The van der Waals surface area contributed by atoms with Crippen molar-refractivity contribution in [1.29, 1.82) is 0 Å². The Bertz CT molecular complexity index is 1080. The number of hydrogen-bond donors (Lipinski definition) is 2. The van der Waals surface area contributed by atoms with E-state index in [-0.39, 0.29) is 36.2 Å². The highest BCUT2D eigenvalue weighted by Gasteiger charge is 2.39. The standard InChI is InChI=1S/C18H16F3N5O4S/c1-30-14-12-15(31-7-26(12)16(22)27)24-13(23-14)11-10-3-2-9(18(19,20)21)6-8(10)4-5-25(11)17(28)29/h2-3,6,11H,4-5,7H2,1H3,(H2,22,27)(H,28,29). The summed E-state index contributed by atoms with van der Waals surface area (Å²) in [6.45, 7) is -0.0301. The number of anilines is 1. The maximum Gasteiger partial charge on any atom is 0.416 e. The van der Waals surface area contributed by atoms with Gasteiger partial charge >= 0.3 is 18.3 Å². The van der Waals surface area contributed by atoms with Gasteiger partial charge in [0.05, 0.1) is 18.6 Å². The van der Waals surface area contributed by atoms with Gasteiger partial charge in [0.2, 0.25) is 5.88 Å². The SMILES string of the molecule is COc1nc(C2c3ccc(C(F)(F)F)cc3CCN2C(=O)O)nc2c1N(C(N)=O)CS2. The summed E-state index contributed by atoms with van der Waals surface area (Å²) in [5.74, 6) is 0.239. The molecule has 3 amide bonds. The Balaban J connectivity index is 1.86. The Morgan fingerprint density at radius 2 is 2.06 bits per heavy atom. The monoisotopic (exact) mass is 455 g/mol. The van der Waals surface area contributed by atoms with Crippen LogP contribution in [-0.4, -0.2) is 51.6 Å². The molecule has 2 aromatic rings. The summed E-state index contributed by atoms with van der Waals surface area (Å²) < 4.78 is 44.7. The predicted octanol–water partition coefficient (Wildman–Crippen LogP) is 3.08. The molecule has 0 saturated heterocycles. The number of benzene rings is 1. The average Bonchev–Trinajstić information content (AvgIpc) is 3.15. The van der Waals surface area contributed by atoms with Gasteiger partial charge in [-0.25, -0.2) is 14.6 Å². The molecule has 31 heavy (non-hydrogen) atoms. The van der Waals surface area contributed by atoms with E-state index < -0.39 is 29.9 Å². The van der Waals surface area contributed by atoms with E-state index in [0.29, 0.717) is 16.2 Å². The fourth-order valence-corrected chi connectivity index (χ4v) is 4.68. The molecule has 0 spiro atoms. The number of carbonyl (C=O) groups is 2. The van der Waals surface area contributed by atoms with Gasteiger partial charge in [0, 0.05) is 6.54 Å². The Morgan fingerprint density at radius 3 is 2.68 bits per heavy atom. The number of aromatic nitrogens is 2. The van der Waals surface area contributed by atoms with Crippen molar-refractivity contribution >= 4 is 29.6 Å². The molecule has 0 bridgehead atoms. The van der Waals surface area contributed by atoms with Crippen LogP contribution < -0.4 is 15.4 Å². The number of carbonyl (C=O) groups excluding carboxylic acids is 1. The van der Waals surface area contributed by atoms with Crippen LogP contribution in [0.5, 0.6) is 5.88 Å². The van der Waals surface area contributed by atoms with Crippen molar-refractivity contribution in [3.8, 4) is 5.88 Å². The van der Waals surface area contributed by atoms with Crippen LogP contribution in [0, 0.1) is 0 Å². The highest BCUT2D eigenvalue weighted by atomic mass is 32.2. The van der Waals surface area contributed by atoms with Crippen molar-refractivity contribution in [2.45, 2.75) is 23.7 Å². The molecule has 0 saturated carbocycles. The second-order valence-electron chi connectivity index (χ2n) is 6.82. The maximum absolute atomic E-state index is 13.1. The summed E-state index contributed by atoms with van der Waals surface area (Å²) in [7, 11) is 1.33. The fourth-order valence-electron chi connectivity index (χ4n) is 3.68. The summed E-state index contributed by atoms with van der Waals surface area (Å²) >= 11 is 1.19. The van der Waals surface area contributed by atoms with E-state index in [1.807, 2.05) is 0 Å². The first kappa shape index (κ1) is 21.0. The van der Waals surface area contributed by atoms with Gasteiger partial charge in [0.25, 0.3) is 0 Å². The minimum Gasteiger partial charge on any atom is -0.479 e. The zero-order chi connectivity index (χ0) is 22.5. The normalized spacial score (nSPS) is 17.9. The summed E-state index contributed by atoms with van der Waals surface area (Å²) in [5.41, 5.74) is 5.56. The zero-order valence-electron chi connectivity index (χ0n) is 16.0. The second-order valence-corrected chi connectivity index (χ2v) is 7.76. The Hall–Kier alpha value is -3.22. The number of alkyl halides is 3. The third-order valence-electron chi connectivity index (χ3n) is 5.09. The molecule has 1 atom stereocenters. The van der Waals surface area contributed by atoms with Gasteiger partial charge in [0.1, 0.15) is 16.8 Å². The molecule has 0 radical (unpaired) electrons. The van der Waals surface area contributed by atoms with Gasteiger partial charge in [0.15, 0.2) is 5.82 Å².